The fourth-order valence-electron chi connectivity index (χ4n) is 2.65. The van der Waals surface area contributed by atoms with Gasteiger partial charge in [0.05, 0.1) is 12.5 Å². The Balaban J connectivity index is 1.83. The molecule has 0 aromatic heterocycles. The Morgan fingerprint density at radius 3 is 2.90 bits per heavy atom. The number of fused-ring (bicyclic) bond motifs is 1. The predicted molar refractivity (Wildman–Crippen MR) is 86.8 cm³/mol. The molecule has 1 heterocycles. The van der Waals surface area contributed by atoms with E-state index in [1.54, 1.807) is 0 Å². The highest BCUT2D eigenvalue weighted by atomic mass is 79.9. The summed E-state index contributed by atoms with van der Waals surface area (Å²) >= 11 is 3.45. The number of carbonyl (C=O) groups is 1. The van der Waals surface area contributed by atoms with Crippen LogP contribution < -0.4 is 10.1 Å². The minimum absolute atomic E-state index is 0.0169. The van der Waals surface area contributed by atoms with Gasteiger partial charge in [0.1, 0.15) is 5.75 Å². The summed E-state index contributed by atoms with van der Waals surface area (Å²) in [5.41, 5.74) is 2.89. The van der Waals surface area contributed by atoms with Gasteiger partial charge < -0.3 is 10.1 Å². The molecule has 1 unspecified atom stereocenters. The largest absolute Gasteiger partial charge is 0.493 e. The van der Waals surface area contributed by atoms with Gasteiger partial charge in [0.15, 0.2) is 0 Å². The first kappa shape index (κ1) is 14.1. The van der Waals surface area contributed by atoms with Crippen molar-refractivity contribution in [2.45, 2.75) is 19.3 Å². The zero-order valence-electron chi connectivity index (χ0n) is 11.7. The van der Waals surface area contributed by atoms with Crippen molar-refractivity contribution < 1.29 is 9.53 Å². The molecule has 0 bridgehead atoms. The number of aryl methyl sites for hydroxylation is 1. The summed E-state index contributed by atoms with van der Waals surface area (Å²) in [6.07, 6.45) is 0.704. The second-order valence-corrected chi connectivity index (χ2v) is 6.15. The van der Waals surface area contributed by atoms with Crippen LogP contribution in [-0.2, 0) is 4.79 Å². The Morgan fingerprint density at radius 1 is 1.29 bits per heavy atom. The van der Waals surface area contributed by atoms with E-state index in [0.29, 0.717) is 13.0 Å². The number of amides is 1. The molecule has 0 saturated carbocycles. The fraction of sp³-hybridized carbons (Fsp3) is 0.235. The number of rotatable bonds is 2. The van der Waals surface area contributed by atoms with E-state index in [9.17, 15) is 4.79 Å². The van der Waals surface area contributed by atoms with Gasteiger partial charge in [0, 0.05) is 15.7 Å². The lowest BCUT2D eigenvalue weighted by molar-refractivity contribution is -0.118. The Morgan fingerprint density at radius 2 is 2.10 bits per heavy atom. The topological polar surface area (TPSA) is 38.3 Å². The van der Waals surface area contributed by atoms with Crippen molar-refractivity contribution in [3.05, 3.63) is 58.1 Å². The van der Waals surface area contributed by atoms with Crippen molar-refractivity contribution in [1.82, 2.24) is 0 Å². The molecular weight excluding hydrogens is 330 g/mol. The van der Waals surface area contributed by atoms with Crippen molar-refractivity contribution in [2.75, 3.05) is 11.9 Å². The van der Waals surface area contributed by atoms with Crippen LogP contribution in [0.1, 0.15) is 23.5 Å². The highest BCUT2D eigenvalue weighted by Gasteiger charge is 2.27. The molecule has 108 valence electrons. The molecule has 0 aliphatic carbocycles. The van der Waals surface area contributed by atoms with Crippen LogP contribution in [0.2, 0.25) is 0 Å². The van der Waals surface area contributed by atoms with Crippen molar-refractivity contribution in [3.63, 3.8) is 0 Å². The average Bonchev–Trinajstić information content (AvgIpc) is 2.45. The van der Waals surface area contributed by atoms with Crippen molar-refractivity contribution in [2.24, 2.45) is 0 Å². The number of ether oxygens (including phenoxy) is 1. The number of para-hydroxylation sites is 1. The number of benzene rings is 2. The molecule has 0 fully saturated rings. The van der Waals surface area contributed by atoms with Gasteiger partial charge in [-0.1, -0.05) is 34.1 Å². The quantitative estimate of drug-likeness (QED) is 0.882. The molecule has 3 nitrogen and oxygen atoms in total. The Hall–Kier alpha value is -1.81. The maximum Gasteiger partial charge on any atom is 0.232 e. The second kappa shape index (κ2) is 5.90. The molecule has 0 saturated heterocycles. The number of anilines is 1. The minimum atomic E-state index is -0.158. The highest BCUT2D eigenvalue weighted by molar-refractivity contribution is 9.10. The lowest BCUT2D eigenvalue weighted by Gasteiger charge is -2.25. The molecule has 0 spiro atoms. The molecule has 1 amide bonds. The predicted octanol–water partition coefficient (Wildman–Crippen LogP) is 4.26. The fourth-order valence-corrected chi connectivity index (χ4v) is 3.26. The summed E-state index contributed by atoms with van der Waals surface area (Å²) in [4.78, 5) is 12.6. The third kappa shape index (κ3) is 3.10. The van der Waals surface area contributed by atoms with Gasteiger partial charge in [-0.15, -0.1) is 0 Å². The molecule has 3 rings (SSSR count). The second-order valence-electron chi connectivity index (χ2n) is 5.23. The molecule has 0 radical (unpaired) electrons. The van der Waals surface area contributed by atoms with Crippen molar-refractivity contribution >= 4 is 27.5 Å². The normalized spacial score (nSPS) is 16.8. The first-order valence-electron chi connectivity index (χ1n) is 6.93. The number of hydrogen-bond acceptors (Lipinski definition) is 2. The van der Waals surface area contributed by atoms with Gasteiger partial charge in [-0.25, -0.2) is 0 Å². The summed E-state index contributed by atoms with van der Waals surface area (Å²) in [6.45, 7) is 2.58. The minimum Gasteiger partial charge on any atom is -0.493 e. The number of carbonyl (C=O) groups excluding carboxylic acids is 1. The van der Waals surface area contributed by atoms with Crippen molar-refractivity contribution in [3.8, 4) is 5.75 Å². The summed E-state index contributed by atoms with van der Waals surface area (Å²) in [5, 5.41) is 3.01. The van der Waals surface area contributed by atoms with E-state index in [2.05, 4.69) is 21.2 Å². The Kier molecular flexibility index (Phi) is 3.97. The monoisotopic (exact) mass is 345 g/mol. The molecule has 1 aliphatic heterocycles. The SMILES string of the molecule is Cc1cc(Br)cc(NC(=O)C2CCOc3ccccc32)c1. The molecule has 1 atom stereocenters. The van der Waals surface area contributed by atoms with Gasteiger partial charge in [-0.2, -0.15) is 0 Å². The van der Waals surface area contributed by atoms with Crippen molar-refractivity contribution in [1.29, 1.82) is 0 Å². The van der Waals surface area contributed by atoms with Crippen LogP contribution in [0.15, 0.2) is 46.9 Å². The first-order chi connectivity index (χ1) is 10.1. The summed E-state index contributed by atoms with van der Waals surface area (Å²) in [6, 6.07) is 13.6. The van der Waals surface area contributed by atoms with Gasteiger partial charge in [-0.3, -0.25) is 4.79 Å². The zero-order valence-corrected chi connectivity index (χ0v) is 13.3. The van der Waals surface area contributed by atoms with Gasteiger partial charge in [0.2, 0.25) is 5.91 Å². The molecule has 2 aromatic carbocycles. The van der Waals surface area contributed by atoms with Gasteiger partial charge in [-0.05, 0) is 43.2 Å². The molecular formula is C17H16BrNO2. The van der Waals surface area contributed by atoms with E-state index in [4.69, 9.17) is 4.74 Å². The third-order valence-electron chi connectivity index (χ3n) is 3.58. The van der Waals surface area contributed by atoms with Crippen LogP contribution in [0.3, 0.4) is 0 Å². The maximum atomic E-state index is 12.6. The van der Waals surface area contributed by atoms with E-state index in [1.165, 1.54) is 0 Å². The maximum absolute atomic E-state index is 12.6. The van der Waals surface area contributed by atoms with Gasteiger partial charge >= 0.3 is 0 Å². The standard InChI is InChI=1S/C17H16BrNO2/c1-11-8-12(18)10-13(9-11)19-17(20)15-6-7-21-16-5-3-2-4-14(15)16/h2-5,8-10,15H,6-7H2,1H3,(H,19,20). The summed E-state index contributed by atoms with van der Waals surface area (Å²) in [5.74, 6) is 0.673. The first-order valence-corrected chi connectivity index (χ1v) is 7.72. The molecule has 4 heteroatoms. The molecule has 1 N–H and O–H groups in total. The average molecular weight is 346 g/mol. The van der Waals surface area contributed by atoms with E-state index in [0.717, 1.165) is 27.0 Å². The smallest absolute Gasteiger partial charge is 0.232 e. The Labute approximate surface area is 132 Å². The van der Waals surface area contributed by atoms with Crippen LogP contribution in [0, 0.1) is 6.92 Å². The van der Waals surface area contributed by atoms with Crippen LogP contribution in [0.25, 0.3) is 0 Å². The lowest BCUT2D eigenvalue weighted by atomic mass is 9.92. The van der Waals surface area contributed by atoms with E-state index >= 15 is 0 Å². The molecule has 21 heavy (non-hydrogen) atoms. The number of hydrogen-bond donors (Lipinski definition) is 1. The van der Waals surface area contributed by atoms with E-state index in [-0.39, 0.29) is 11.8 Å². The number of halogens is 1. The highest BCUT2D eigenvalue weighted by Crippen LogP contribution is 2.34. The van der Waals surface area contributed by atoms with Crippen LogP contribution in [-0.4, -0.2) is 12.5 Å². The number of nitrogens with one attached hydrogen (secondary N) is 1. The Bertz CT molecular complexity index is 664. The summed E-state index contributed by atoms with van der Waals surface area (Å²) < 4.78 is 6.57. The van der Waals surface area contributed by atoms with Crippen LogP contribution in [0.5, 0.6) is 5.75 Å². The van der Waals surface area contributed by atoms with E-state index in [1.807, 2.05) is 49.4 Å². The molecule has 2 aromatic rings. The van der Waals surface area contributed by atoms with Gasteiger partial charge in [0.25, 0.3) is 0 Å². The summed E-state index contributed by atoms with van der Waals surface area (Å²) in [7, 11) is 0. The van der Waals surface area contributed by atoms with E-state index < -0.39 is 0 Å². The third-order valence-corrected chi connectivity index (χ3v) is 4.04. The van der Waals surface area contributed by atoms with Crippen LogP contribution in [0.4, 0.5) is 5.69 Å². The molecule has 1 aliphatic rings. The lowest BCUT2D eigenvalue weighted by Crippen LogP contribution is -2.26. The van der Waals surface area contributed by atoms with Crippen LogP contribution >= 0.6 is 15.9 Å². The zero-order chi connectivity index (χ0) is 14.8.